The molecule has 0 heterocycles. The molecule has 7 heteroatoms. The van der Waals surface area contributed by atoms with Gasteiger partial charge in [0.05, 0.1) is 24.9 Å². The third-order valence-corrected chi connectivity index (χ3v) is 4.40. The van der Waals surface area contributed by atoms with Crippen LogP contribution in [0.2, 0.25) is 5.02 Å². The molecule has 0 saturated heterocycles. The van der Waals surface area contributed by atoms with E-state index in [1.807, 2.05) is 37.3 Å². The first-order valence-corrected chi connectivity index (χ1v) is 8.85. The quantitative estimate of drug-likeness (QED) is 0.722. The van der Waals surface area contributed by atoms with Gasteiger partial charge in [0.15, 0.2) is 0 Å². The molecule has 0 atom stereocenters. The van der Waals surface area contributed by atoms with Crippen LogP contribution in [-0.4, -0.2) is 39.1 Å². The highest BCUT2D eigenvalue weighted by molar-refractivity contribution is 6.32. The van der Waals surface area contributed by atoms with Crippen molar-refractivity contribution in [1.29, 1.82) is 0 Å². The molecule has 27 heavy (non-hydrogen) atoms. The lowest BCUT2D eigenvalue weighted by molar-refractivity contribution is -0.121. The Morgan fingerprint density at radius 2 is 1.63 bits per heavy atom. The van der Waals surface area contributed by atoms with Crippen molar-refractivity contribution < 1.29 is 19.1 Å². The minimum absolute atomic E-state index is 0.140. The van der Waals surface area contributed by atoms with Crippen LogP contribution in [0.5, 0.6) is 11.5 Å². The summed E-state index contributed by atoms with van der Waals surface area (Å²) in [4.78, 5) is 28.2. The molecular formula is C20H23ClN2O4. The molecule has 0 unspecified atom stereocenters. The number of rotatable bonds is 7. The largest absolute Gasteiger partial charge is 0.495 e. The van der Waals surface area contributed by atoms with E-state index < -0.39 is 0 Å². The monoisotopic (exact) mass is 390 g/mol. The van der Waals surface area contributed by atoms with Crippen LogP contribution in [0.3, 0.4) is 0 Å². The van der Waals surface area contributed by atoms with E-state index in [1.54, 1.807) is 17.0 Å². The molecule has 0 aliphatic rings. The Morgan fingerprint density at radius 1 is 1.00 bits per heavy atom. The summed E-state index contributed by atoms with van der Waals surface area (Å²) in [6, 6.07) is 12.5. The van der Waals surface area contributed by atoms with Crippen LogP contribution < -0.4 is 19.3 Å². The van der Waals surface area contributed by atoms with Crippen LogP contribution in [0.1, 0.15) is 13.8 Å². The summed E-state index contributed by atoms with van der Waals surface area (Å²) in [5, 5.41) is 0.354. The second-order valence-electron chi connectivity index (χ2n) is 5.74. The molecule has 2 rings (SSSR count). The van der Waals surface area contributed by atoms with E-state index >= 15 is 0 Å². The van der Waals surface area contributed by atoms with E-state index in [9.17, 15) is 9.59 Å². The fraction of sp³-hybridized carbons (Fsp3) is 0.300. The third-order valence-electron chi connectivity index (χ3n) is 4.10. The van der Waals surface area contributed by atoms with E-state index in [-0.39, 0.29) is 18.4 Å². The second kappa shape index (κ2) is 9.28. The first-order chi connectivity index (χ1) is 12.9. The van der Waals surface area contributed by atoms with Crippen LogP contribution in [0, 0.1) is 0 Å². The molecule has 0 aliphatic carbocycles. The Bertz CT molecular complexity index is 811. The fourth-order valence-corrected chi connectivity index (χ4v) is 2.98. The van der Waals surface area contributed by atoms with Gasteiger partial charge in [-0.05, 0) is 19.1 Å². The van der Waals surface area contributed by atoms with Crippen molar-refractivity contribution >= 4 is 34.8 Å². The molecule has 0 bridgehead atoms. The summed E-state index contributed by atoms with van der Waals surface area (Å²) < 4.78 is 10.6. The zero-order valence-electron chi connectivity index (χ0n) is 15.9. The molecule has 2 aromatic rings. The maximum Gasteiger partial charge on any atom is 0.247 e. The van der Waals surface area contributed by atoms with Crippen LogP contribution in [-0.2, 0) is 9.59 Å². The number of carbonyl (C=O) groups excluding carboxylic acids is 2. The summed E-state index contributed by atoms with van der Waals surface area (Å²) >= 11 is 6.14. The third kappa shape index (κ3) is 4.71. The number of ether oxygens (including phenoxy) is 2. The normalized spacial score (nSPS) is 10.3. The van der Waals surface area contributed by atoms with Crippen molar-refractivity contribution in [1.82, 2.24) is 0 Å². The first-order valence-electron chi connectivity index (χ1n) is 8.47. The Morgan fingerprint density at radius 3 is 2.15 bits per heavy atom. The number of benzene rings is 2. The summed E-state index contributed by atoms with van der Waals surface area (Å²) in [5.74, 6) is 0.262. The lowest BCUT2D eigenvalue weighted by Gasteiger charge is -2.27. The summed E-state index contributed by atoms with van der Waals surface area (Å²) in [7, 11) is 2.96. The Kier molecular flexibility index (Phi) is 7.07. The predicted octanol–water partition coefficient (Wildman–Crippen LogP) is 3.76. The number of halogens is 1. The maximum atomic E-state index is 12.9. The summed E-state index contributed by atoms with van der Waals surface area (Å²) in [6.07, 6.45) is 0. The Hall–Kier alpha value is -2.73. The lowest BCUT2D eigenvalue weighted by Crippen LogP contribution is -2.42. The van der Waals surface area contributed by atoms with Crippen molar-refractivity contribution in [3.8, 4) is 11.5 Å². The molecular weight excluding hydrogens is 368 g/mol. The van der Waals surface area contributed by atoms with Gasteiger partial charge in [-0.2, -0.15) is 0 Å². The highest BCUT2D eigenvalue weighted by Gasteiger charge is 2.24. The van der Waals surface area contributed by atoms with Gasteiger partial charge in [-0.3, -0.25) is 14.5 Å². The number of carbonyl (C=O) groups is 2. The van der Waals surface area contributed by atoms with Gasteiger partial charge in [0.2, 0.25) is 11.8 Å². The molecule has 6 nitrogen and oxygen atoms in total. The predicted molar refractivity (Wildman–Crippen MR) is 107 cm³/mol. The van der Waals surface area contributed by atoms with Crippen LogP contribution >= 0.6 is 11.6 Å². The number of amides is 2. The fourth-order valence-electron chi connectivity index (χ4n) is 2.75. The van der Waals surface area contributed by atoms with E-state index in [2.05, 4.69) is 0 Å². The number of hydrogen-bond donors (Lipinski definition) is 0. The number of methoxy groups -OCH3 is 2. The lowest BCUT2D eigenvalue weighted by atomic mass is 10.2. The molecule has 144 valence electrons. The number of anilines is 2. The minimum Gasteiger partial charge on any atom is -0.495 e. The Labute approximate surface area is 164 Å². The van der Waals surface area contributed by atoms with Gasteiger partial charge in [0, 0.05) is 31.3 Å². The molecule has 0 aromatic heterocycles. The van der Waals surface area contributed by atoms with Crippen molar-refractivity contribution in [3.63, 3.8) is 0 Å². The summed E-state index contributed by atoms with van der Waals surface area (Å²) in [5.41, 5.74) is 1.19. The van der Waals surface area contributed by atoms with Crippen molar-refractivity contribution in [2.75, 3.05) is 37.1 Å². The standard InChI is InChI=1S/C20H23ClN2O4/c1-5-22(15-9-7-6-8-10-15)20(25)13-23(14(2)24)17-12-18(26-3)16(21)11-19(17)27-4/h6-12H,5,13H2,1-4H3. The molecule has 2 amide bonds. The first kappa shape index (κ1) is 20.6. The Balaban J connectivity index is 2.38. The average Bonchev–Trinajstić information content (AvgIpc) is 2.67. The number of hydrogen-bond acceptors (Lipinski definition) is 4. The van der Waals surface area contributed by atoms with Crippen LogP contribution in [0.25, 0.3) is 0 Å². The zero-order valence-corrected chi connectivity index (χ0v) is 16.6. The molecule has 2 aromatic carbocycles. The highest BCUT2D eigenvalue weighted by atomic mass is 35.5. The number of likely N-dealkylation sites (N-methyl/N-ethyl adjacent to an activating group) is 1. The molecule has 0 N–H and O–H groups in total. The smallest absolute Gasteiger partial charge is 0.247 e. The maximum absolute atomic E-state index is 12.9. The van der Waals surface area contributed by atoms with Gasteiger partial charge in [-0.15, -0.1) is 0 Å². The van der Waals surface area contributed by atoms with Gasteiger partial charge in [-0.1, -0.05) is 29.8 Å². The van der Waals surface area contributed by atoms with E-state index in [0.29, 0.717) is 28.8 Å². The minimum atomic E-state index is -0.296. The topological polar surface area (TPSA) is 59.1 Å². The molecule has 0 aliphatic heterocycles. The van der Waals surface area contributed by atoms with Crippen LogP contribution in [0.4, 0.5) is 11.4 Å². The van der Waals surface area contributed by atoms with Gasteiger partial charge in [0.25, 0.3) is 0 Å². The van der Waals surface area contributed by atoms with Gasteiger partial charge < -0.3 is 14.4 Å². The molecule has 0 radical (unpaired) electrons. The molecule has 0 spiro atoms. The van der Waals surface area contributed by atoms with Crippen molar-refractivity contribution in [2.24, 2.45) is 0 Å². The van der Waals surface area contributed by atoms with Gasteiger partial charge in [0.1, 0.15) is 18.0 Å². The SMILES string of the molecule is CCN(C(=O)CN(C(C)=O)c1cc(OC)c(Cl)cc1OC)c1ccccc1. The van der Waals surface area contributed by atoms with E-state index in [4.69, 9.17) is 21.1 Å². The average molecular weight is 391 g/mol. The number of para-hydroxylation sites is 1. The zero-order chi connectivity index (χ0) is 20.0. The van der Waals surface area contributed by atoms with Crippen molar-refractivity contribution in [2.45, 2.75) is 13.8 Å². The molecule has 0 fully saturated rings. The van der Waals surface area contributed by atoms with Crippen LogP contribution in [0.15, 0.2) is 42.5 Å². The second-order valence-corrected chi connectivity index (χ2v) is 6.14. The van der Waals surface area contributed by atoms with Crippen molar-refractivity contribution in [3.05, 3.63) is 47.5 Å². The number of nitrogens with zero attached hydrogens (tertiary/aromatic N) is 2. The van der Waals surface area contributed by atoms with E-state index in [0.717, 1.165) is 5.69 Å². The van der Waals surface area contributed by atoms with Gasteiger partial charge >= 0.3 is 0 Å². The van der Waals surface area contributed by atoms with Gasteiger partial charge in [-0.25, -0.2) is 0 Å². The molecule has 0 saturated carbocycles. The van der Waals surface area contributed by atoms with E-state index in [1.165, 1.54) is 26.0 Å². The summed E-state index contributed by atoms with van der Waals surface area (Å²) in [6.45, 7) is 3.62. The highest BCUT2D eigenvalue weighted by Crippen LogP contribution is 2.38.